The maximum absolute atomic E-state index is 12.5. The molecule has 0 spiro atoms. The summed E-state index contributed by atoms with van der Waals surface area (Å²) in [6.07, 6.45) is 12.1. The standard InChI is InChI=1S/C17H29N3O/c1-19(15-7-2-3-8-15)17(21)13-20(16-9-10-16)12-14-6-4-5-11-18-14/h7,14,16,18H,2-6,8-13H2,1H3. The normalized spacial score (nSPS) is 26.0. The quantitative estimate of drug-likeness (QED) is 0.814. The van der Waals surface area contributed by atoms with Gasteiger partial charge in [-0.15, -0.1) is 0 Å². The molecule has 21 heavy (non-hydrogen) atoms. The van der Waals surface area contributed by atoms with Crippen LogP contribution in [0.1, 0.15) is 51.4 Å². The average molecular weight is 291 g/mol. The lowest BCUT2D eigenvalue weighted by Gasteiger charge is -2.31. The van der Waals surface area contributed by atoms with E-state index < -0.39 is 0 Å². The number of hydrogen-bond donors (Lipinski definition) is 1. The van der Waals surface area contributed by atoms with Gasteiger partial charge in [0.15, 0.2) is 0 Å². The molecule has 0 bridgehead atoms. The van der Waals surface area contributed by atoms with Gasteiger partial charge in [-0.3, -0.25) is 9.69 Å². The number of likely N-dealkylation sites (N-methyl/N-ethyl adjacent to an activating group) is 1. The average Bonchev–Trinajstić information content (AvgIpc) is 3.21. The van der Waals surface area contributed by atoms with Crippen molar-refractivity contribution >= 4 is 5.91 Å². The number of nitrogens with one attached hydrogen (secondary N) is 1. The Morgan fingerprint density at radius 1 is 1.29 bits per heavy atom. The van der Waals surface area contributed by atoms with Gasteiger partial charge in [0.05, 0.1) is 6.54 Å². The van der Waals surface area contributed by atoms with Crippen LogP contribution in [-0.2, 0) is 4.79 Å². The van der Waals surface area contributed by atoms with Crippen molar-refractivity contribution in [2.24, 2.45) is 0 Å². The van der Waals surface area contributed by atoms with Crippen LogP contribution in [-0.4, -0.2) is 54.5 Å². The molecule has 1 saturated heterocycles. The topological polar surface area (TPSA) is 35.6 Å². The minimum Gasteiger partial charge on any atom is -0.318 e. The molecule has 3 aliphatic rings. The SMILES string of the molecule is CN(C(=O)CN(CC1CCCCN1)C1CC1)C1=CCCC1. The molecule has 3 rings (SSSR count). The summed E-state index contributed by atoms with van der Waals surface area (Å²) < 4.78 is 0. The van der Waals surface area contributed by atoms with Crippen molar-refractivity contribution in [1.82, 2.24) is 15.1 Å². The van der Waals surface area contributed by atoms with E-state index in [1.807, 2.05) is 11.9 Å². The van der Waals surface area contributed by atoms with Gasteiger partial charge in [0.2, 0.25) is 5.91 Å². The maximum Gasteiger partial charge on any atom is 0.240 e. The fourth-order valence-electron chi connectivity index (χ4n) is 3.54. The van der Waals surface area contributed by atoms with Crippen LogP contribution < -0.4 is 5.32 Å². The van der Waals surface area contributed by atoms with E-state index in [-0.39, 0.29) is 5.91 Å². The molecule has 1 heterocycles. The maximum atomic E-state index is 12.5. The molecular weight excluding hydrogens is 262 g/mol. The first-order valence-corrected chi connectivity index (χ1v) is 8.67. The van der Waals surface area contributed by atoms with Crippen molar-refractivity contribution < 1.29 is 4.79 Å². The lowest BCUT2D eigenvalue weighted by molar-refractivity contribution is -0.129. The number of piperidine rings is 1. The zero-order valence-electron chi connectivity index (χ0n) is 13.3. The largest absolute Gasteiger partial charge is 0.318 e. The fourth-order valence-corrected chi connectivity index (χ4v) is 3.54. The van der Waals surface area contributed by atoms with Gasteiger partial charge >= 0.3 is 0 Å². The molecule has 1 saturated carbocycles. The molecule has 1 aliphatic heterocycles. The molecule has 2 fully saturated rings. The van der Waals surface area contributed by atoms with Gasteiger partial charge in [-0.05, 0) is 51.5 Å². The summed E-state index contributed by atoms with van der Waals surface area (Å²) in [7, 11) is 1.95. The predicted octanol–water partition coefficient (Wildman–Crippen LogP) is 2.12. The van der Waals surface area contributed by atoms with Crippen molar-refractivity contribution in [3.8, 4) is 0 Å². The molecule has 2 aliphatic carbocycles. The van der Waals surface area contributed by atoms with Crippen LogP contribution in [0, 0.1) is 0 Å². The Morgan fingerprint density at radius 3 is 2.76 bits per heavy atom. The molecule has 1 unspecified atom stereocenters. The highest BCUT2D eigenvalue weighted by Crippen LogP contribution is 2.28. The summed E-state index contributed by atoms with van der Waals surface area (Å²) >= 11 is 0. The molecule has 0 aromatic carbocycles. The second-order valence-corrected chi connectivity index (χ2v) is 6.85. The minimum atomic E-state index is 0.269. The van der Waals surface area contributed by atoms with E-state index in [0.29, 0.717) is 18.6 Å². The molecule has 4 nitrogen and oxygen atoms in total. The summed E-state index contributed by atoms with van der Waals surface area (Å²) in [4.78, 5) is 16.9. The molecule has 0 radical (unpaired) electrons. The third kappa shape index (κ3) is 4.07. The predicted molar refractivity (Wildman–Crippen MR) is 84.9 cm³/mol. The van der Waals surface area contributed by atoms with E-state index in [1.54, 1.807) is 0 Å². The first kappa shape index (κ1) is 15.0. The number of carbonyl (C=O) groups excluding carboxylic acids is 1. The summed E-state index contributed by atoms with van der Waals surface area (Å²) in [5.41, 5.74) is 1.23. The van der Waals surface area contributed by atoms with Gasteiger partial charge < -0.3 is 10.2 Å². The van der Waals surface area contributed by atoms with Crippen molar-refractivity contribution in [3.63, 3.8) is 0 Å². The summed E-state index contributed by atoms with van der Waals surface area (Å²) in [5, 5.41) is 3.61. The third-order valence-corrected chi connectivity index (χ3v) is 5.09. The van der Waals surface area contributed by atoms with Crippen molar-refractivity contribution in [1.29, 1.82) is 0 Å². The van der Waals surface area contributed by atoms with E-state index in [4.69, 9.17) is 0 Å². The van der Waals surface area contributed by atoms with Gasteiger partial charge in [0.1, 0.15) is 0 Å². The molecule has 0 aromatic heterocycles. The number of allylic oxidation sites excluding steroid dienone is 2. The smallest absolute Gasteiger partial charge is 0.240 e. The Balaban J connectivity index is 1.53. The summed E-state index contributed by atoms with van der Waals surface area (Å²) in [6, 6.07) is 1.24. The molecular formula is C17H29N3O. The Kier molecular flexibility index (Phi) is 4.96. The van der Waals surface area contributed by atoms with E-state index in [9.17, 15) is 4.79 Å². The number of hydrogen-bond acceptors (Lipinski definition) is 3. The first-order chi connectivity index (χ1) is 10.2. The van der Waals surface area contributed by atoms with Gasteiger partial charge in [-0.25, -0.2) is 0 Å². The third-order valence-electron chi connectivity index (χ3n) is 5.09. The highest BCUT2D eigenvalue weighted by molar-refractivity contribution is 5.79. The summed E-state index contributed by atoms with van der Waals surface area (Å²) in [5.74, 6) is 0.269. The highest BCUT2D eigenvalue weighted by Gasteiger charge is 2.33. The van der Waals surface area contributed by atoms with Gasteiger partial charge in [0, 0.05) is 31.4 Å². The molecule has 1 atom stereocenters. The minimum absolute atomic E-state index is 0.269. The van der Waals surface area contributed by atoms with Gasteiger partial charge in [-0.2, -0.15) is 0 Å². The molecule has 1 N–H and O–H groups in total. The lowest BCUT2D eigenvalue weighted by Crippen LogP contribution is -2.47. The molecule has 1 amide bonds. The van der Waals surface area contributed by atoms with E-state index in [1.165, 1.54) is 44.2 Å². The van der Waals surface area contributed by atoms with Crippen LogP contribution in [0.4, 0.5) is 0 Å². The Labute approximate surface area is 128 Å². The number of rotatable bonds is 6. The second kappa shape index (κ2) is 6.93. The Bertz CT molecular complexity index is 397. The van der Waals surface area contributed by atoms with Gasteiger partial charge in [-0.1, -0.05) is 12.5 Å². The Morgan fingerprint density at radius 2 is 2.14 bits per heavy atom. The lowest BCUT2D eigenvalue weighted by atomic mass is 10.0. The monoisotopic (exact) mass is 291 g/mol. The van der Waals surface area contributed by atoms with Crippen LogP contribution >= 0.6 is 0 Å². The first-order valence-electron chi connectivity index (χ1n) is 8.67. The van der Waals surface area contributed by atoms with Crippen LogP contribution in [0.5, 0.6) is 0 Å². The van der Waals surface area contributed by atoms with Crippen molar-refractivity contribution in [2.45, 2.75) is 63.5 Å². The number of amides is 1. The zero-order valence-corrected chi connectivity index (χ0v) is 13.3. The molecule has 118 valence electrons. The van der Waals surface area contributed by atoms with E-state index >= 15 is 0 Å². The van der Waals surface area contributed by atoms with Crippen LogP contribution in [0.15, 0.2) is 11.8 Å². The van der Waals surface area contributed by atoms with E-state index in [2.05, 4.69) is 16.3 Å². The molecule has 4 heteroatoms. The van der Waals surface area contributed by atoms with Crippen molar-refractivity contribution in [2.75, 3.05) is 26.7 Å². The van der Waals surface area contributed by atoms with Crippen LogP contribution in [0.25, 0.3) is 0 Å². The summed E-state index contributed by atoms with van der Waals surface area (Å²) in [6.45, 7) is 2.78. The van der Waals surface area contributed by atoms with Gasteiger partial charge in [0.25, 0.3) is 0 Å². The fraction of sp³-hybridized carbons (Fsp3) is 0.824. The van der Waals surface area contributed by atoms with Crippen LogP contribution in [0.3, 0.4) is 0 Å². The Hall–Kier alpha value is -0.870. The van der Waals surface area contributed by atoms with Crippen molar-refractivity contribution in [3.05, 3.63) is 11.8 Å². The number of nitrogens with zero attached hydrogens (tertiary/aromatic N) is 2. The zero-order chi connectivity index (χ0) is 14.7. The number of carbonyl (C=O) groups is 1. The van der Waals surface area contributed by atoms with E-state index in [0.717, 1.165) is 25.9 Å². The van der Waals surface area contributed by atoms with Crippen LogP contribution in [0.2, 0.25) is 0 Å². The second-order valence-electron chi connectivity index (χ2n) is 6.85. The molecule has 0 aromatic rings. The highest BCUT2D eigenvalue weighted by atomic mass is 16.2.